The van der Waals surface area contributed by atoms with Gasteiger partial charge in [0.1, 0.15) is 11.4 Å². The van der Waals surface area contributed by atoms with E-state index in [0.717, 1.165) is 0 Å². The summed E-state index contributed by atoms with van der Waals surface area (Å²) in [4.78, 5) is 29.3. The second-order valence-electron chi connectivity index (χ2n) is 6.13. The van der Waals surface area contributed by atoms with E-state index in [0.29, 0.717) is 17.2 Å². The molecular weight excluding hydrogens is 328 g/mol. The highest BCUT2D eigenvalue weighted by Gasteiger charge is 2.26. The number of nitrogens with one attached hydrogen (secondary N) is 2. The van der Waals surface area contributed by atoms with Crippen molar-refractivity contribution in [2.24, 2.45) is 0 Å². The van der Waals surface area contributed by atoms with Crippen LogP contribution in [0.4, 0.5) is 11.4 Å². The molecule has 0 bridgehead atoms. The number of rotatable bonds is 6. The highest BCUT2D eigenvalue weighted by molar-refractivity contribution is 6.26. The lowest BCUT2D eigenvalue weighted by atomic mass is 10.1. The monoisotopic (exact) mass is 352 g/mol. The van der Waals surface area contributed by atoms with Crippen LogP contribution in [0.5, 0.6) is 0 Å². The van der Waals surface area contributed by atoms with Crippen LogP contribution in [-0.4, -0.2) is 49.8 Å². The topological polar surface area (TPSA) is 64.7 Å². The molecular formula is C20H24N4O2. The quantitative estimate of drug-likeness (QED) is 0.476. The summed E-state index contributed by atoms with van der Waals surface area (Å²) in [7, 11) is 7.17. The van der Waals surface area contributed by atoms with Gasteiger partial charge in [-0.1, -0.05) is 36.4 Å². The molecule has 0 unspecified atom stereocenters. The van der Waals surface area contributed by atoms with Crippen molar-refractivity contribution in [1.82, 2.24) is 9.80 Å². The van der Waals surface area contributed by atoms with E-state index >= 15 is 0 Å². The second-order valence-corrected chi connectivity index (χ2v) is 6.13. The molecule has 6 heteroatoms. The summed E-state index contributed by atoms with van der Waals surface area (Å²) in [6.45, 7) is 0. The fourth-order valence-corrected chi connectivity index (χ4v) is 2.58. The van der Waals surface area contributed by atoms with Gasteiger partial charge in [0.15, 0.2) is 0 Å². The minimum absolute atomic E-state index is 0.0349. The van der Waals surface area contributed by atoms with E-state index in [1.54, 1.807) is 62.3 Å². The number of anilines is 2. The fraction of sp³-hybridized carbons (Fsp3) is 0.200. The molecule has 2 aromatic carbocycles. The summed E-state index contributed by atoms with van der Waals surface area (Å²) in [5.74, 6) is -0.434. The van der Waals surface area contributed by atoms with Crippen LogP contribution in [0.25, 0.3) is 0 Å². The van der Waals surface area contributed by atoms with Crippen molar-refractivity contribution in [3.8, 4) is 0 Å². The van der Waals surface area contributed by atoms with E-state index in [1.807, 2.05) is 36.4 Å². The Hall–Kier alpha value is -3.28. The Bertz CT molecular complexity index is 718. The van der Waals surface area contributed by atoms with E-state index < -0.39 is 11.8 Å². The molecule has 0 heterocycles. The molecule has 136 valence electrons. The van der Waals surface area contributed by atoms with Gasteiger partial charge < -0.3 is 20.4 Å². The van der Waals surface area contributed by atoms with Gasteiger partial charge >= 0.3 is 0 Å². The van der Waals surface area contributed by atoms with Gasteiger partial charge in [0.2, 0.25) is 0 Å². The first kappa shape index (κ1) is 19.1. The third-order valence-electron chi connectivity index (χ3n) is 3.59. The SMILES string of the molecule is CN(C)C(=C(C(=O)Nc1ccccc1)C(=O)Nc1ccccc1)N(C)C. The van der Waals surface area contributed by atoms with Crippen molar-refractivity contribution in [3.63, 3.8) is 0 Å². The average molecular weight is 352 g/mol. The Labute approximate surface area is 154 Å². The van der Waals surface area contributed by atoms with Crippen molar-refractivity contribution >= 4 is 23.2 Å². The maximum Gasteiger partial charge on any atom is 0.264 e. The van der Waals surface area contributed by atoms with Gasteiger partial charge in [-0.2, -0.15) is 0 Å². The molecule has 0 aromatic heterocycles. The van der Waals surface area contributed by atoms with Gasteiger partial charge in [0.05, 0.1) is 0 Å². The van der Waals surface area contributed by atoms with Gasteiger partial charge in [0, 0.05) is 39.6 Å². The predicted octanol–water partition coefficient (Wildman–Crippen LogP) is 2.60. The van der Waals surface area contributed by atoms with Crippen LogP contribution in [0.2, 0.25) is 0 Å². The van der Waals surface area contributed by atoms with Gasteiger partial charge in [-0.3, -0.25) is 9.59 Å². The van der Waals surface area contributed by atoms with Gasteiger partial charge in [-0.05, 0) is 24.3 Å². The first-order valence-electron chi connectivity index (χ1n) is 8.22. The summed E-state index contributed by atoms with van der Waals surface area (Å²) in [6, 6.07) is 18.1. The molecule has 2 rings (SSSR count). The third-order valence-corrected chi connectivity index (χ3v) is 3.59. The standard InChI is InChI=1S/C20H24N4O2/c1-23(2)20(24(3)4)17(18(25)21-15-11-7-5-8-12-15)19(26)22-16-13-9-6-10-14-16/h5-14H,1-4H3,(H,21,25)(H,22,26). The third kappa shape index (κ3) is 4.86. The van der Waals surface area contributed by atoms with Crippen molar-refractivity contribution in [2.75, 3.05) is 38.8 Å². The molecule has 2 N–H and O–H groups in total. The fourth-order valence-electron chi connectivity index (χ4n) is 2.58. The number of hydrogen-bond acceptors (Lipinski definition) is 4. The van der Waals surface area contributed by atoms with Crippen LogP contribution in [-0.2, 0) is 9.59 Å². The zero-order chi connectivity index (χ0) is 19.1. The smallest absolute Gasteiger partial charge is 0.264 e. The van der Waals surface area contributed by atoms with E-state index in [4.69, 9.17) is 0 Å². The molecule has 0 spiro atoms. The molecule has 0 saturated carbocycles. The molecule has 26 heavy (non-hydrogen) atoms. The van der Waals surface area contributed by atoms with E-state index in [2.05, 4.69) is 10.6 Å². The zero-order valence-corrected chi connectivity index (χ0v) is 15.5. The Balaban J connectivity index is 2.40. The van der Waals surface area contributed by atoms with Crippen molar-refractivity contribution in [1.29, 1.82) is 0 Å². The Kier molecular flexibility index (Phi) is 6.38. The lowest BCUT2D eigenvalue weighted by molar-refractivity contribution is -0.118. The van der Waals surface area contributed by atoms with Gasteiger partial charge in [-0.25, -0.2) is 0 Å². The maximum atomic E-state index is 12.9. The second kappa shape index (κ2) is 8.71. The Morgan fingerprint density at radius 3 is 1.31 bits per heavy atom. The summed E-state index contributed by atoms with van der Waals surface area (Å²) in [5.41, 5.74) is 1.28. The van der Waals surface area contributed by atoms with Crippen LogP contribution in [0.15, 0.2) is 72.1 Å². The van der Waals surface area contributed by atoms with Crippen LogP contribution >= 0.6 is 0 Å². The van der Waals surface area contributed by atoms with Gasteiger partial charge in [-0.15, -0.1) is 0 Å². The van der Waals surface area contributed by atoms with E-state index in [9.17, 15) is 9.59 Å². The molecule has 0 radical (unpaired) electrons. The predicted molar refractivity (Wildman–Crippen MR) is 105 cm³/mol. The Morgan fingerprint density at radius 1 is 0.654 bits per heavy atom. The zero-order valence-electron chi connectivity index (χ0n) is 15.5. The normalized spacial score (nSPS) is 9.85. The van der Waals surface area contributed by atoms with E-state index in [-0.39, 0.29) is 5.57 Å². The minimum Gasteiger partial charge on any atom is -0.364 e. The molecule has 2 amide bonds. The molecule has 0 aliphatic carbocycles. The van der Waals surface area contributed by atoms with Crippen LogP contribution < -0.4 is 10.6 Å². The van der Waals surface area contributed by atoms with Gasteiger partial charge in [0.25, 0.3) is 11.8 Å². The van der Waals surface area contributed by atoms with Crippen LogP contribution in [0.1, 0.15) is 0 Å². The number of nitrogens with zero attached hydrogens (tertiary/aromatic N) is 2. The van der Waals surface area contributed by atoms with E-state index in [1.165, 1.54) is 0 Å². The largest absolute Gasteiger partial charge is 0.364 e. The highest BCUT2D eigenvalue weighted by Crippen LogP contribution is 2.17. The summed E-state index contributed by atoms with van der Waals surface area (Å²) in [6.07, 6.45) is 0. The molecule has 0 atom stereocenters. The lowest BCUT2D eigenvalue weighted by Crippen LogP contribution is -2.35. The number of para-hydroxylation sites is 2. The number of hydrogen-bond donors (Lipinski definition) is 2. The number of benzene rings is 2. The molecule has 0 aliphatic rings. The van der Waals surface area contributed by atoms with Crippen molar-refractivity contribution in [2.45, 2.75) is 0 Å². The van der Waals surface area contributed by atoms with Crippen molar-refractivity contribution in [3.05, 3.63) is 72.1 Å². The lowest BCUT2D eigenvalue weighted by Gasteiger charge is -2.27. The Morgan fingerprint density at radius 2 is 1.00 bits per heavy atom. The number of amides is 2. The minimum atomic E-state index is -0.470. The first-order valence-corrected chi connectivity index (χ1v) is 8.22. The highest BCUT2D eigenvalue weighted by atomic mass is 16.2. The molecule has 6 nitrogen and oxygen atoms in total. The van der Waals surface area contributed by atoms with Crippen molar-refractivity contribution < 1.29 is 9.59 Å². The van der Waals surface area contributed by atoms with Crippen LogP contribution in [0.3, 0.4) is 0 Å². The molecule has 0 saturated heterocycles. The molecule has 0 fully saturated rings. The molecule has 2 aromatic rings. The first-order chi connectivity index (χ1) is 12.4. The number of carbonyl (C=O) groups is 2. The maximum absolute atomic E-state index is 12.9. The van der Waals surface area contributed by atoms with Crippen LogP contribution in [0, 0.1) is 0 Å². The number of carbonyl (C=O) groups excluding carboxylic acids is 2. The molecule has 0 aliphatic heterocycles. The summed E-state index contributed by atoms with van der Waals surface area (Å²) < 4.78 is 0. The average Bonchev–Trinajstić information content (AvgIpc) is 2.60. The summed E-state index contributed by atoms with van der Waals surface area (Å²) >= 11 is 0. The summed E-state index contributed by atoms with van der Waals surface area (Å²) in [5, 5.41) is 5.58.